The lowest BCUT2D eigenvalue weighted by Crippen LogP contribution is -2.59. The van der Waals surface area contributed by atoms with Gasteiger partial charge >= 0.3 is 6.36 Å². The third-order valence-corrected chi connectivity index (χ3v) is 5.61. The van der Waals surface area contributed by atoms with E-state index in [1.807, 2.05) is 0 Å². The summed E-state index contributed by atoms with van der Waals surface area (Å²) in [5, 5.41) is 24.3. The Labute approximate surface area is 181 Å². The fourth-order valence-electron chi connectivity index (χ4n) is 4.27. The number of rotatable bonds is 5. The van der Waals surface area contributed by atoms with Gasteiger partial charge in [0.25, 0.3) is 0 Å². The molecule has 0 bridgehead atoms. The number of phenols is 1. The number of nitrogens with zero attached hydrogens (tertiary/aromatic N) is 1. The number of benzene rings is 1. The number of hydrogen-bond acceptors (Lipinski definition) is 5. The molecular weight excluding hydrogens is 432 g/mol. The van der Waals surface area contributed by atoms with Crippen molar-refractivity contribution >= 4 is 24.8 Å². The number of phenolic OH excluding ortho intramolecular Hbond substituents is 1. The average Bonchev–Trinajstić information content (AvgIpc) is 2.62. The van der Waals surface area contributed by atoms with Crippen molar-refractivity contribution in [1.82, 2.24) is 10.2 Å². The van der Waals surface area contributed by atoms with Gasteiger partial charge in [0.2, 0.25) is 0 Å². The van der Waals surface area contributed by atoms with E-state index in [1.165, 1.54) is 12.1 Å². The third-order valence-electron chi connectivity index (χ3n) is 5.61. The van der Waals surface area contributed by atoms with Crippen LogP contribution in [0.2, 0.25) is 0 Å². The van der Waals surface area contributed by atoms with Gasteiger partial charge < -0.3 is 20.3 Å². The van der Waals surface area contributed by atoms with Crippen LogP contribution >= 0.6 is 24.8 Å². The molecule has 1 saturated heterocycles. The summed E-state index contributed by atoms with van der Waals surface area (Å²) in [6, 6.07) is 3.86. The van der Waals surface area contributed by atoms with Crippen molar-refractivity contribution in [3.8, 4) is 11.5 Å². The highest BCUT2D eigenvalue weighted by Crippen LogP contribution is 2.37. The Balaban J connectivity index is 0.00000210. The molecular formula is C19H29Cl2F3N2O3. The Hall–Kier alpha value is -0.930. The van der Waals surface area contributed by atoms with Gasteiger partial charge in [-0.25, -0.2) is 0 Å². The minimum atomic E-state index is -4.87. The molecule has 1 atom stereocenters. The van der Waals surface area contributed by atoms with Crippen LogP contribution in [0, 0.1) is 0 Å². The molecule has 1 aliphatic carbocycles. The van der Waals surface area contributed by atoms with Crippen LogP contribution in [0.1, 0.15) is 37.7 Å². The summed E-state index contributed by atoms with van der Waals surface area (Å²) in [5.74, 6) is -1.15. The first-order chi connectivity index (χ1) is 12.8. The van der Waals surface area contributed by atoms with Gasteiger partial charge in [-0.3, -0.25) is 4.90 Å². The summed E-state index contributed by atoms with van der Waals surface area (Å²) in [4.78, 5) is 2.24. The highest BCUT2D eigenvalue weighted by Gasteiger charge is 2.41. The second-order valence-corrected chi connectivity index (χ2v) is 7.52. The molecule has 0 spiro atoms. The summed E-state index contributed by atoms with van der Waals surface area (Å²) in [6.45, 7) is 3.23. The summed E-state index contributed by atoms with van der Waals surface area (Å²) >= 11 is 0. The van der Waals surface area contributed by atoms with Gasteiger partial charge in [0.1, 0.15) is 0 Å². The Kier molecular flexibility index (Phi) is 9.82. The highest BCUT2D eigenvalue weighted by atomic mass is 35.5. The number of aromatic hydroxyl groups is 1. The molecule has 0 amide bonds. The standard InChI is InChI=1S/C19H27F3N2O3.2ClH/c20-19(21,22)27-16-12-14(4-5-15(16)25)13-17(24-10-8-23-9-11-24)18(26)6-2-1-3-7-18;;/h4-5,12,17,23,25-26H,1-3,6-11,13H2;2*1H. The largest absolute Gasteiger partial charge is 0.573 e. The number of alkyl halides is 3. The molecule has 5 nitrogen and oxygen atoms in total. The van der Waals surface area contributed by atoms with E-state index in [0.717, 1.165) is 45.4 Å². The van der Waals surface area contributed by atoms with Crippen molar-refractivity contribution in [1.29, 1.82) is 0 Å². The van der Waals surface area contributed by atoms with Gasteiger partial charge in [-0.05, 0) is 37.0 Å². The predicted octanol–water partition coefficient (Wildman–Crippen LogP) is 3.65. The normalized spacial score (nSPS) is 20.8. The lowest BCUT2D eigenvalue weighted by molar-refractivity contribution is -0.275. The minimum absolute atomic E-state index is 0. The third kappa shape index (κ3) is 7.07. The average molecular weight is 461 g/mol. The van der Waals surface area contributed by atoms with E-state index in [1.54, 1.807) is 6.07 Å². The molecule has 0 aromatic heterocycles. The van der Waals surface area contributed by atoms with E-state index >= 15 is 0 Å². The molecule has 2 aliphatic rings. The minimum Gasteiger partial charge on any atom is -0.504 e. The first-order valence-corrected chi connectivity index (χ1v) is 9.52. The van der Waals surface area contributed by atoms with Crippen molar-refractivity contribution < 1.29 is 28.1 Å². The van der Waals surface area contributed by atoms with Crippen molar-refractivity contribution in [2.24, 2.45) is 0 Å². The zero-order valence-corrected chi connectivity index (χ0v) is 17.7. The van der Waals surface area contributed by atoms with Gasteiger partial charge in [-0.1, -0.05) is 25.3 Å². The van der Waals surface area contributed by atoms with Crippen molar-refractivity contribution in [3.63, 3.8) is 0 Å². The number of halogens is 5. The molecule has 168 valence electrons. The molecule has 3 N–H and O–H groups in total. The second kappa shape index (κ2) is 10.9. The van der Waals surface area contributed by atoms with Crippen LogP contribution in [0.15, 0.2) is 18.2 Å². The second-order valence-electron chi connectivity index (χ2n) is 7.52. The lowest BCUT2D eigenvalue weighted by atomic mass is 9.76. The van der Waals surface area contributed by atoms with Crippen LogP contribution in [0.5, 0.6) is 11.5 Å². The number of piperazine rings is 1. The van der Waals surface area contributed by atoms with Gasteiger partial charge in [-0.2, -0.15) is 0 Å². The molecule has 1 aliphatic heterocycles. The molecule has 1 unspecified atom stereocenters. The van der Waals surface area contributed by atoms with Crippen LogP contribution in [-0.4, -0.2) is 59.3 Å². The summed E-state index contributed by atoms with van der Waals surface area (Å²) < 4.78 is 41.6. The summed E-state index contributed by atoms with van der Waals surface area (Å²) in [6.07, 6.45) is -0.0502. The number of aliphatic hydroxyl groups is 1. The lowest BCUT2D eigenvalue weighted by Gasteiger charge is -2.46. The van der Waals surface area contributed by atoms with Crippen molar-refractivity contribution in [2.45, 2.75) is 56.5 Å². The Bertz CT molecular complexity index is 638. The Morgan fingerprint density at radius 2 is 1.72 bits per heavy atom. The Morgan fingerprint density at radius 1 is 1.10 bits per heavy atom. The molecule has 0 radical (unpaired) electrons. The van der Waals surface area contributed by atoms with E-state index < -0.39 is 23.5 Å². The van der Waals surface area contributed by atoms with E-state index in [-0.39, 0.29) is 30.9 Å². The SMILES string of the molecule is Cl.Cl.Oc1ccc(CC(N2CCNCC2)C2(O)CCCCC2)cc1OC(F)(F)F. The summed E-state index contributed by atoms with van der Waals surface area (Å²) in [7, 11) is 0. The molecule has 2 fully saturated rings. The van der Waals surface area contributed by atoms with Crippen LogP contribution in [0.3, 0.4) is 0 Å². The van der Waals surface area contributed by atoms with Crippen molar-refractivity contribution in [3.05, 3.63) is 23.8 Å². The van der Waals surface area contributed by atoms with E-state index in [9.17, 15) is 23.4 Å². The highest BCUT2D eigenvalue weighted by molar-refractivity contribution is 5.85. The maximum atomic E-state index is 12.6. The molecule has 1 saturated carbocycles. The van der Waals surface area contributed by atoms with Crippen LogP contribution < -0.4 is 10.1 Å². The molecule has 10 heteroatoms. The smallest absolute Gasteiger partial charge is 0.504 e. The number of hydrogen-bond donors (Lipinski definition) is 3. The van der Waals surface area contributed by atoms with Crippen LogP contribution in [0.25, 0.3) is 0 Å². The number of nitrogens with one attached hydrogen (secondary N) is 1. The topological polar surface area (TPSA) is 65.0 Å². The molecule has 1 aromatic rings. The van der Waals surface area contributed by atoms with Gasteiger partial charge in [0, 0.05) is 32.2 Å². The van der Waals surface area contributed by atoms with E-state index in [4.69, 9.17) is 0 Å². The van der Waals surface area contributed by atoms with E-state index in [2.05, 4.69) is 15.0 Å². The monoisotopic (exact) mass is 460 g/mol. The predicted molar refractivity (Wildman–Crippen MR) is 109 cm³/mol. The zero-order valence-electron chi connectivity index (χ0n) is 16.1. The maximum Gasteiger partial charge on any atom is 0.573 e. The molecule has 29 heavy (non-hydrogen) atoms. The fourth-order valence-corrected chi connectivity index (χ4v) is 4.27. The van der Waals surface area contributed by atoms with Gasteiger partial charge in [0.05, 0.1) is 5.60 Å². The molecule has 1 heterocycles. The number of ether oxygens (including phenoxy) is 1. The summed E-state index contributed by atoms with van der Waals surface area (Å²) in [5.41, 5.74) is -0.243. The maximum absolute atomic E-state index is 12.6. The fraction of sp³-hybridized carbons (Fsp3) is 0.684. The Morgan fingerprint density at radius 3 is 2.31 bits per heavy atom. The van der Waals surface area contributed by atoms with E-state index in [0.29, 0.717) is 24.8 Å². The van der Waals surface area contributed by atoms with Gasteiger partial charge in [-0.15, -0.1) is 38.0 Å². The first-order valence-electron chi connectivity index (χ1n) is 9.52. The zero-order chi connectivity index (χ0) is 19.5. The van der Waals surface area contributed by atoms with Gasteiger partial charge in [0.15, 0.2) is 11.5 Å². The van der Waals surface area contributed by atoms with Crippen LogP contribution in [0.4, 0.5) is 13.2 Å². The van der Waals surface area contributed by atoms with Crippen LogP contribution in [-0.2, 0) is 6.42 Å². The van der Waals surface area contributed by atoms with Crippen molar-refractivity contribution in [2.75, 3.05) is 26.2 Å². The first kappa shape index (κ1) is 26.1. The molecule has 1 aromatic carbocycles. The molecule has 3 rings (SSSR count). The quantitative estimate of drug-likeness (QED) is 0.625.